The van der Waals surface area contributed by atoms with Gasteiger partial charge in [-0.3, -0.25) is 4.79 Å². The third-order valence-corrected chi connectivity index (χ3v) is 2.99. The van der Waals surface area contributed by atoms with Crippen molar-refractivity contribution in [3.8, 4) is 0 Å². The molecule has 1 aromatic carbocycles. The lowest BCUT2D eigenvalue weighted by Crippen LogP contribution is -2.20. The van der Waals surface area contributed by atoms with Gasteiger partial charge in [0.05, 0.1) is 6.61 Å². The van der Waals surface area contributed by atoms with Crippen molar-refractivity contribution in [2.24, 2.45) is 0 Å². The summed E-state index contributed by atoms with van der Waals surface area (Å²) < 4.78 is 5.87. The summed E-state index contributed by atoms with van der Waals surface area (Å²) in [5, 5.41) is 0. The van der Waals surface area contributed by atoms with E-state index in [9.17, 15) is 9.59 Å². The fourth-order valence-electron chi connectivity index (χ4n) is 1.59. The quantitative estimate of drug-likeness (QED) is 0.346. The Kier molecular flexibility index (Phi) is 6.45. The van der Waals surface area contributed by atoms with Crippen LogP contribution >= 0.6 is 15.9 Å². The number of ether oxygens (including phenoxy) is 1. The molecule has 108 valence electrons. The summed E-state index contributed by atoms with van der Waals surface area (Å²) in [5.74, 6) is -0.831. The maximum Gasteiger partial charge on any atom is 0.343 e. The number of benzene rings is 1. The fraction of sp³-hybridized carbons (Fsp3) is 0.333. The van der Waals surface area contributed by atoms with Crippen molar-refractivity contribution in [3.63, 3.8) is 0 Å². The highest BCUT2D eigenvalue weighted by atomic mass is 79.9. The first-order valence-corrected chi connectivity index (χ1v) is 7.06. The van der Waals surface area contributed by atoms with Gasteiger partial charge in [0.15, 0.2) is 5.78 Å². The van der Waals surface area contributed by atoms with E-state index < -0.39 is 5.97 Å². The van der Waals surface area contributed by atoms with Crippen LogP contribution in [0.15, 0.2) is 40.5 Å². The third kappa shape index (κ3) is 5.17. The van der Waals surface area contributed by atoms with Crippen LogP contribution in [-0.2, 0) is 20.7 Å². The van der Waals surface area contributed by atoms with Crippen LogP contribution in [0.2, 0.25) is 0 Å². The molecule has 0 aliphatic carbocycles. The predicted octanol–water partition coefficient (Wildman–Crippen LogP) is 2.57. The second-order valence-corrected chi connectivity index (χ2v) is 5.37. The lowest BCUT2D eigenvalue weighted by molar-refractivity contribution is -0.140. The molecule has 0 unspecified atom stereocenters. The summed E-state index contributed by atoms with van der Waals surface area (Å²) in [6.07, 6.45) is 1.67. The maximum atomic E-state index is 12.2. The molecule has 0 heterocycles. The molecule has 1 aromatic rings. The minimum Gasteiger partial charge on any atom is -0.462 e. The van der Waals surface area contributed by atoms with E-state index in [2.05, 4.69) is 15.9 Å². The normalized spacial score (nSPS) is 11.1. The van der Waals surface area contributed by atoms with Crippen molar-refractivity contribution >= 4 is 27.7 Å². The van der Waals surface area contributed by atoms with Gasteiger partial charge < -0.3 is 9.64 Å². The molecule has 0 bridgehead atoms. The molecule has 1 rings (SSSR count). The first-order chi connectivity index (χ1) is 9.43. The van der Waals surface area contributed by atoms with Crippen molar-refractivity contribution in [3.05, 3.63) is 46.1 Å². The number of Topliss-reactive ketones (excluding diaryl/α,β-unsaturated/α-hetero) is 1. The number of halogens is 1. The average molecular weight is 340 g/mol. The summed E-state index contributed by atoms with van der Waals surface area (Å²) in [6, 6.07) is 7.42. The number of carbonyl (C=O) groups excluding carboxylic acids is 2. The van der Waals surface area contributed by atoms with Gasteiger partial charge in [-0.2, -0.15) is 0 Å². The number of hydrogen-bond acceptors (Lipinski definition) is 4. The highest BCUT2D eigenvalue weighted by Gasteiger charge is 2.20. The molecule has 0 spiro atoms. The Morgan fingerprint density at radius 2 is 1.85 bits per heavy atom. The van der Waals surface area contributed by atoms with Crippen molar-refractivity contribution in [1.82, 2.24) is 4.90 Å². The zero-order chi connectivity index (χ0) is 15.1. The largest absolute Gasteiger partial charge is 0.462 e. The van der Waals surface area contributed by atoms with Crippen LogP contribution in [0.25, 0.3) is 0 Å². The van der Waals surface area contributed by atoms with Crippen molar-refractivity contribution in [2.45, 2.75) is 13.3 Å². The predicted molar refractivity (Wildman–Crippen MR) is 81.3 cm³/mol. The molecule has 0 atom stereocenters. The van der Waals surface area contributed by atoms with Gasteiger partial charge in [0.2, 0.25) is 0 Å². The average Bonchev–Trinajstić information content (AvgIpc) is 2.38. The number of hydrogen-bond donors (Lipinski definition) is 0. The highest BCUT2D eigenvalue weighted by Crippen LogP contribution is 2.13. The Morgan fingerprint density at radius 3 is 2.35 bits per heavy atom. The SMILES string of the molecule is CCOC(=O)/C(=C\N(C)C)C(=O)Cc1ccc(Br)cc1. The summed E-state index contributed by atoms with van der Waals surface area (Å²) in [5.41, 5.74) is 0.923. The minimum atomic E-state index is -0.580. The van der Waals surface area contributed by atoms with Crippen LogP contribution in [0.5, 0.6) is 0 Å². The van der Waals surface area contributed by atoms with Crippen LogP contribution in [0.1, 0.15) is 12.5 Å². The standard InChI is InChI=1S/C15H18BrNO3/c1-4-20-15(19)13(10-17(2)3)14(18)9-11-5-7-12(16)8-6-11/h5-8,10H,4,9H2,1-3H3/b13-10-. The molecule has 5 heteroatoms. The van der Waals surface area contributed by atoms with E-state index in [-0.39, 0.29) is 24.4 Å². The van der Waals surface area contributed by atoms with E-state index in [0.717, 1.165) is 10.0 Å². The monoisotopic (exact) mass is 339 g/mol. The van der Waals surface area contributed by atoms with Crippen LogP contribution < -0.4 is 0 Å². The Morgan fingerprint density at radius 1 is 1.25 bits per heavy atom. The molecular weight excluding hydrogens is 322 g/mol. The van der Waals surface area contributed by atoms with Crippen molar-refractivity contribution < 1.29 is 14.3 Å². The van der Waals surface area contributed by atoms with E-state index in [4.69, 9.17) is 4.74 Å². The highest BCUT2D eigenvalue weighted by molar-refractivity contribution is 9.10. The number of rotatable bonds is 6. The zero-order valence-electron chi connectivity index (χ0n) is 11.9. The van der Waals surface area contributed by atoms with E-state index in [1.807, 2.05) is 24.3 Å². The molecule has 4 nitrogen and oxygen atoms in total. The van der Waals surface area contributed by atoms with Gasteiger partial charge in [0.25, 0.3) is 0 Å². The summed E-state index contributed by atoms with van der Waals surface area (Å²) >= 11 is 3.34. The van der Waals surface area contributed by atoms with Gasteiger partial charge in [0, 0.05) is 31.2 Å². The molecule has 0 fully saturated rings. The Bertz CT molecular complexity index is 506. The minimum absolute atomic E-state index is 0.0692. The first-order valence-electron chi connectivity index (χ1n) is 6.27. The smallest absolute Gasteiger partial charge is 0.343 e. The van der Waals surface area contributed by atoms with Gasteiger partial charge in [-0.25, -0.2) is 4.79 Å². The fourth-order valence-corrected chi connectivity index (χ4v) is 1.85. The van der Waals surface area contributed by atoms with Crippen LogP contribution in [-0.4, -0.2) is 37.4 Å². The number of ketones is 1. The summed E-state index contributed by atoms with van der Waals surface area (Å²) in [4.78, 5) is 25.7. The Labute approximate surface area is 127 Å². The molecular formula is C15H18BrNO3. The molecule has 20 heavy (non-hydrogen) atoms. The van der Waals surface area contributed by atoms with E-state index >= 15 is 0 Å². The Hall–Kier alpha value is -1.62. The van der Waals surface area contributed by atoms with Gasteiger partial charge in [-0.05, 0) is 24.6 Å². The molecule has 0 aliphatic heterocycles. The Balaban J connectivity index is 2.88. The molecule has 0 aliphatic rings. The van der Waals surface area contributed by atoms with Crippen molar-refractivity contribution in [1.29, 1.82) is 0 Å². The van der Waals surface area contributed by atoms with Crippen molar-refractivity contribution in [2.75, 3.05) is 20.7 Å². The summed E-state index contributed by atoms with van der Waals surface area (Å²) in [7, 11) is 3.51. The van der Waals surface area contributed by atoms with Gasteiger partial charge in [0.1, 0.15) is 5.57 Å². The molecule has 0 saturated carbocycles. The molecule has 0 radical (unpaired) electrons. The number of carbonyl (C=O) groups is 2. The number of nitrogens with zero attached hydrogens (tertiary/aromatic N) is 1. The van der Waals surface area contributed by atoms with Crippen LogP contribution in [0.4, 0.5) is 0 Å². The van der Waals surface area contributed by atoms with E-state index in [1.54, 1.807) is 25.9 Å². The molecule has 0 N–H and O–H groups in total. The molecule has 0 saturated heterocycles. The van der Waals surface area contributed by atoms with Gasteiger partial charge in [-0.15, -0.1) is 0 Å². The topological polar surface area (TPSA) is 46.6 Å². The zero-order valence-corrected chi connectivity index (χ0v) is 13.4. The van der Waals surface area contributed by atoms with Crippen LogP contribution in [0.3, 0.4) is 0 Å². The summed E-state index contributed by atoms with van der Waals surface area (Å²) in [6.45, 7) is 1.96. The first kappa shape index (κ1) is 16.4. The number of esters is 1. The second-order valence-electron chi connectivity index (χ2n) is 4.45. The van der Waals surface area contributed by atoms with Crippen LogP contribution in [0, 0.1) is 0 Å². The molecule has 0 aromatic heterocycles. The lowest BCUT2D eigenvalue weighted by atomic mass is 10.0. The van der Waals surface area contributed by atoms with Gasteiger partial charge in [-0.1, -0.05) is 28.1 Å². The lowest BCUT2D eigenvalue weighted by Gasteiger charge is -2.10. The van der Waals surface area contributed by atoms with E-state index in [1.165, 1.54) is 6.20 Å². The third-order valence-electron chi connectivity index (χ3n) is 2.46. The maximum absolute atomic E-state index is 12.2. The second kappa shape index (κ2) is 7.85. The van der Waals surface area contributed by atoms with E-state index in [0.29, 0.717) is 0 Å². The molecule has 0 amide bonds. The van der Waals surface area contributed by atoms with Gasteiger partial charge >= 0.3 is 5.97 Å².